The van der Waals surface area contributed by atoms with Gasteiger partial charge < -0.3 is 10.1 Å². The Morgan fingerprint density at radius 1 is 1.06 bits per heavy atom. The number of carbonyl (C=O) groups excluding carboxylic acids is 1. The lowest BCUT2D eigenvalue weighted by molar-refractivity contribution is -0.141. The van der Waals surface area contributed by atoms with Crippen LogP contribution >= 0.6 is 0 Å². The lowest BCUT2D eigenvalue weighted by atomic mass is 9.77. The van der Waals surface area contributed by atoms with Crippen LogP contribution in [0, 0.1) is 5.82 Å². The number of aromatic nitrogens is 1. The van der Waals surface area contributed by atoms with Crippen LogP contribution in [-0.2, 0) is 27.8 Å². The molecule has 1 aliphatic rings. The standard InChI is InChI=1S/C23H17F5N2O2/c24-10-15-9-20(23(26,27)28)29-11-19(15)14-1-3-16(4-2-14)22(12-32-13-22)21(31)30-18-7-5-17(25)6-8-18/h1-9,11H,10,12-13H2,(H,30,31). The molecule has 1 saturated heterocycles. The zero-order valence-electron chi connectivity index (χ0n) is 16.5. The highest BCUT2D eigenvalue weighted by molar-refractivity contribution is 6.00. The van der Waals surface area contributed by atoms with Gasteiger partial charge in [-0.1, -0.05) is 24.3 Å². The number of hydrogen-bond donors (Lipinski definition) is 1. The fraction of sp³-hybridized carbons (Fsp3) is 0.217. The third-order valence-corrected chi connectivity index (χ3v) is 5.41. The average Bonchev–Trinajstić information content (AvgIpc) is 2.74. The number of nitrogens with one attached hydrogen (secondary N) is 1. The second-order valence-electron chi connectivity index (χ2n) is 7.47. The summed E-state index contributed by atoms with van der Waals surface area (Å²) in [6.45, 7) is -0.811. The highest BCUT2D eigenvalue weighted by Gasteiger charge is 2.47. The third kappa shape index (κ3) is 4.08. The number of benzene rings is 2. The van der Waals surface area contributed by atoms with Crippen LogP contribution in [0.15, 0.2) is 60.8 Å². The molecule has 0 aliphatic carbocycles. The molecular weight excluding hydrogens is 431 g/mol. The quantitative estimate of drug-likeness (QED) is 0.541. The van der Waals surface area contributed by atoms with Gasteiger partial charge in [-0.05, 0) is 47.0 Å². The van der Waals surface area contributed by atoms with E-state index in [1.165, 1.54) is 24.3 Å². The van der Waals surface area contributed by atoms with Gasteiger partial charge in [0.1, 0.15) is 23.6 Å². The van der Waals surface area contributed by atoms with Crippen LogP contribution in [0.1, 0.15) is 16.8 Å². The van der Waals surface area contributed by atoms with E-state index < -0.39 is 29.8 Å². The maximum Gasteiger partial charge on any atom is 0.433 e. The van der Waals surface area contributed by atoms with Crippen molar-refractivity contribution < 1.29 is 31.5 Å². The minimum Gasteiger partial charge on any atom is -0.378 e. The molecule has 2 heterocycles. The van der Waals surface area contributed by atoms with Crippen molar-refractivity contribution >= 4 is 11.6 Å². The first-order valence-electron chi connectivity index (χ1n) is 9.61. The lowest BCUT2D eigenvalue weighted by Gasteiger charge is -2.40. The first-order chi connectivity index (χ1) is 15.2. The largest absolute Gasteiger partial charge is 0.433 e. The molecule has 3 aromatic rings. The molecule has 1 fully saturated rings. The molecule has 0 radical (unpaired) electrons. The van der Waals surface area contributed by atoms with Crippen LogP contribution in [0.5, 0.6) is 0 Å². The van der Waals surface area contributed by atoms with Crippen molar-refractivity contribution in [3.8, 4) is 11.1 Å². The molecular formula is C23H17F5N2O2. The van der Waals surface area contributed by atoms with Gasteiger partial charge >= 0.3 is 6.18 Å². The Bertz CT molecular complexity index is 1120. The van der Waals surface area contributed by atoms with E-state index >= 15 is 0 Å². The van der Waals surface area contributed by atoms with Gasteiger partial charge in [-0.2, -0.15) is 13.2 Å². The molecule has 0 bridgehead atoms. The second-order valence-corrected chi connectivity index (χ2v) is 7.47. The monoisotopic (exact) mass is 448 g/mol. The predicted molar refractivity (Wildman–Crippen MR) is 107 cm³/mol. The number of anilines is 1. The van der Waals surface area contributed by atoms with Gasteiger partial charge in [-0.15, -0.1) is 0 Å². The van der Waals surface area contributed by atoms with Crippen LogP contribution < -0.4 is 5.32 Å². The van der Waals surface area contributed by atoms with Crippen LogP contribution in [-0.4, -0.2) is 24.1 Å². The number of rotatable bonds is 5. The maximum absolute atomic E-state index is 13.4. The number of hydrogen-bond acceptors (Lipinski definition) is 3. The minimum absolute atomic E-state index is 0.129. The molecule has 1 N–H and O–H groups in total. The number of halogens is 5. The van der Waals surface area contributed by atoms with E-state index in [0.29, 0.717) is 22.9 Å². The van der Waals surface area contributed by atoms with E-state index in [1.807, 2.05) is 0 Å². The first kappa shape index (κ1) is 21.9. The van der Waals surface area contributed by atoms with E-state index in [-0.39, 0.29) is 30.2 Å². The van der Waals surface area contributed by atoms with Crippen LogP contribution in [0.4, 0.5) is 27.6 Å². The van der Waals surface area contributed by atoms with Crippen LogP contribution in [0.25, 0.3) is 11.1 Å². The molecule has 2 aromatic carbocycles. The fourth-order valence-corrected chi connectivity index (χ4v) is 3.51. The number of pyridine rings is 1. The molecule has 0 unspecified atom stereocenters. The summed E-state index contributed by atoms with van der Waals surface area (Å²) in [5.41, 5.74) is -0.478. The Morgan fingerprint density at radius 2 is 1.72 bits per heavy atom. The molecule has 0 atom stereocenters. The van der Waals surface area contributed by atoms with Crippen molar-refractivity contribution in [3.63, 3.8) is 0 Å². The van der Waals surface area contributed by atoms with Gasteiger partial charge in [0.2, 0.25) is 5.91 Å². The Labute approximate surface area is 180 Å². The van der Waals surface area contributed by atoms with Crippen molar-refractivity contribution in [1.29, 1.82) is 0 Å². The summed E-state index contributed by atoms with van der Waals surface area (Å²) in [4.78, 5) is 16.4. The zero-order chi connectivity index (χ0) is 22.9. The maximum atomic E-state index is 13.4. The number of amides is 1. The molecule has 1 aromatic heterocycles. The van der Waals surface area contributed by atoms with E-state index in [0.717, 1.165) is 6.20 Å². The summed E-state index contributed by atoms with van der Waals surface area (Å²) in [5, 5.41) is 2.74. The average molecular weight is 448 g/mol. The predicted octanol–water partition coefficient (Wildman–Crippen LogP) is 5.28. The Balaban J connectivity index is 1.60. The molecule has 166 valence electrons. The van der Waals surface area contributed by atoms with E-state index in [9.17, 15) is 26.7 Å². The smallest absolute Gasteiger partial charge is 0.378 e. The summed E-state index contributed by atoms with van der Waals surface area (Å²) in [6.07, 6.45) is -3.67. The molecule has 0 spiro atoms. The van der Waals surface area contributed by atoms with E-state index in [2.05, 4.69) is 10.3 Å². The summed E-state index contributed by atoms with van der Waals surface area (Å²) in [5.74, 6) is -0.755. The number of nitrogens with zero attached hydrogens (tertiary/aromatic N) is 1. The number of carbonyl (C=O) groups is 1. The Kier molecular flexibility index (Phi) is 5.68. The molecule has 9 heteroatoms. The molecule has 4 nitrogen and oxygen atoms in total. The van der Waals surface area contributed by atoms with Crippen molar-refractivity contribution in [1.82, 2.24) is 4.98 Å². The van der Waals surface area contributed by atoms with Crippen LogP contribution in [0.3, 0.4) is 0 Å². The molecule has 4 rings (SSSR count). The number of ether oxygens (including phenoxy) is 1. The van der Waals surface area contributed by atoms with Crippen LogP contribution in [0.2, 0.25) is 0 Å². The minimum atomic E-state index is -4.67. The van der Waals surface area contributed by atoms with Gasteiger partial charge in [0.15, 0.2) is 0 Å². The SMILES string of the molecule is O=C(Nc1ccc(F)cc1)C1(c2ccc(-c3cnc(C(F)(F)F)cc3CF)cc2)COC1. The second kappa shape index (κ2) is 8.31. The van der Waals surface area contributed by atoms with Crippen molar-refractivity contribution in [3.05, 3.63) is 83.4 Å². The van der Waals surface area contributed by atoms with Gasteiger partial charge in [-0.3, -0.25) is 9.78 Å². The van der Waals surface area contributed by atoms with Crippen molar-refractivity contribution in [2.45, 2.75) is 18.3 Å². The topological polar surface area (TPSA) is 51.2 Å². The normalized spacial score (nSPS) is 15.2. The van der Waals surface area contributed by atoms with Gasteiger partial charge in [0, 0.05) is 17.4 Å². The lowest BCUT2D eigenvalue weighted by Crippen LogP contribution is -2.55. The Morgan fingerprint density at radius 3 is 2.25 bits per heavy atom. The highest BCUT2D eigenvalue weighted by atomic mass is 19.4. The molecule has 1 aliphatic heterocycles. The summed E-state index contributed by atoms with van der Waals surface area (Å²) < 4.78 is 70.4. The summed E-state index contributed by atoms with van der Waals surface area (Å²) in [6, 6.07) is 12.6. The Hall–Kier alpha value is -3.33. The molecule has 1 amide bonds. The highest BCUT2D eigenvalue weighted by Crippen LogP contribution is 2.36. The fourth-order valence-electron chi connectivity index (χ4n) is 3.51. The van der Waals surface area contributed by atoms with Gasteiger partial charge in [0.25, 0.3) is 0 Å². The van der Waals surface area contributed by atoms with E-state index in [1.54, 1.807) is 24.3 Å². The van der Waals surface area contributed by atoms with Crippen molar-refractivity contribution in [2.24, 2.45) is 0 Å². The third-order valence-electron chi connectivity index (χ3n) is 5.41. The first-order valence-corrected chi connectivity index (χ1v) is 9.61. The van der Waals surface area contributed by atoms with Gasteiger partial charge in [-0.25, -0.2) is 8.78 Å². The van der Waals surface area contributed by atoms with E-state index in [4.69, 9.17) is 4.74 Å². The number of alkyl halides is 4. The van der Waals surface area contributed by atoms with Gasteiger partial charge in [0.05, 0.1) is 13.2 Å². The van der Waals surface area contributed by atoms with Crippen molar-refractivity contribution in [2.75, 3.05) is 18.5 Å². The molecule has 32 heavy (non-hydrogen) atoms. The summed E-state index contributed by atoms with van der Waals surface area (Å²) in [7, 11) is 0. The summed E-state index contributed by atoms with van der Waals surface area (Å²) >= 11 is 0. The molecule has 0 saturated carbocycles. The zero-order valence-corrected chi connectivity index (χ0v) is 16.5.